The van der Waals surface area contributed by atoms with Gasteiger partial charge in [0.2, 0.25) is 5.91 Å². The second-order valence-electron chi connectivity index (χ2n) is 13.1. The van der Waals surface area contributed by atoms with Crippen molar-refractivity contribution in [3.8, 4) is 0 Å². The maximum atomic E-state index is 13.3. The van der Waals surface area contributed by atoms with Gasteiger partial charge >= 0.3 is 0 Å². The van der Waals surface area contributed by atoms with Gasteiger partial charge in [-0.3, -0.25) is 4.79 Å². The van der Waals surface area contributed by atoms with Crippen LogP contribution in [0.1, 0.15) is 34.7 Å². The largest absolute Gasteiger partial charge is 0.384 e. The van der Waals surface area contributed by atoms with Gasteiger partial charge in [0.1, 0.15) is 28.9 Å². The highest BCUT2D eigenvalue weighted by Gasteiger charge is 2.65. The molecule has 1 fully saturated rings. The van der Waals surface area contributed by atoms with Crippen molar-refractivity contribution in [3.05, 3.63) is 192 Å². The summed E-state index contributed by atoms with van der Waals surface area (Å²) in [4.78, 5) is 12.8. The number of rotatable bonds is 14. The molecule has 0 saturated carbocycles. The van der Waals surface area contributed by atoms with Crippen molar-refractivity contribution in [2.75, 3.05) is 13.2 Å². The van der Waals surface area contributed by atoms with E-state index in [1.54, 1.807) is 6.08 Å². The van der Waals surface area contributed by atoms with E-state index in [-0.39, 0.29) is 26.1 Å². The molecule has 262 valence electrons. The quantitative estimate of drug-likeness (QED) is 0.0930. The molecule has 1 aliphatic rings. The van der Waals surface area contributed by atoms with Crippen molar-refractivity contribution in [3.63, 3.8) is 0 Å². The van der Waals surface area contributed by atoms with Gasteiger partial charge in [-0.25, -0.2) is 0 Å². The predicted molar refractivity (Wildman–Crippen MR) is 198 cm³/mol. The van der Waals surface area contributed by atoms with Crippen molar-refractivity contribution >= 4 is 5.91 Å². The maximum absolute atomic E-state index is 13.3. The van der Waals surface area contributed by atoms with Crippen LogP contribution in [0.15, 0.2) is 164 Å². The van der Waals surface area contributed by atoms with Crippen LogP contribution in [0.5, 0.6) is 0 Å². The topological polar surface area (TPSA) is 97.2 Å². The average molecular weight is 684 g/mol. The van der Waals surface area contributed by atoms with Crippen LogP contribution in [0.3, 0.4) is 0 Å². The lowest BCUT2D eigenvalue weighted by Crippen LogP contribution is -2.79. The van der Waals surface area contributed by atoms with E-state index in [1.807, 2.05) is 152 Å². The zero-order valence-corrected chi connectivity index (χ0v) is 28.8. The van der Waals surface area contributed by atoms with Gasteiger partial charge < -0.3 is 29.7 Å². The van der Waals surface area contributed by atoms with E-state index in [2.05, 4.69) is 11.9 Å². The van der Waals surface area contributed by atoms with Crippen molar-refractivity contribution < 1.29 is 29.2 Å². The number of benzene rings is 5. The van der Waals surface area contributed by atoms with Crippen LogP contribution < -0.4 is 5.32 Å². The Morgan fingerprint density at radius 2 is 1.14 bits per heavy atom. The third kappa shape index (κ3) is 7.45. The van der Waals surface area contributed by atoms with Gasteiger partial charge in [-0.2, -0.15) is 0 Å². The molecule has 51 heavy (non-hydrogen) atoms. The molecule has 1 heterocycles. The highest BCUT2D eigenvalue weighted by molar-refractivity contribution is 5.73. The van der Waals surface area contributed by atoms with Crippen LogP contribution in [0.2, 0.25) is 0 Å². The normalized spacial score (nSPS) is 23.3. The van der Waals surface area contributed by atoms with Crippen molar-refractivity contribution in [1.29, 1.82) is 0 Å². The summed E-state index contributed by atoms with van der Waals surface area (Å²) in [5.74, 6) is -0.407. The third-order valence-corrected chi connectivity index (χ3v) is 9.73. The first kappa shape index (κ1) is 35.9. The molecular formula is C44H45NO6. The molecule has 3 N–H and O–H groups in total. The summed E-state index contributed by atoms with van der Waals surface area (Å²) in [6.45, 7) is 5.08. The molecule has 0 bridgehead atoms. The number of nitrogens with one attached hydrogen (secondary N) is 1. The average Bonchev–Trinajstić information content (AvgIpc) is 3.16. The van der Waals surface area contributed by atoms with E-state index in [0.717, 1.165) is 27.8 Å². The number of hydrogen-bond acceptors (Lipinski definition) is 6. The summed E-state index contributed by atoms with van der Waals surface area (Å²) in [6, 6.07) is 47.5. The van der Waals surface area contributed by atoms with Crippen LogP contribution in [0.25, 0.3) is 0 Å². The number of carbonyl (C=O) groups excluding carboxylic acids is 1. The number of aliphatic hydroxyl groups is 2. The minimum absolute atomic E-state index is 0.00945. The van der Waals surface area contributed by atoms with Gasteiger partial charge in [0.25, 0.3) is 0 Å². The van der Waals surface area contributed by atoms with E-state index in [0.29, 0.717) is 0 Å². The first-order valence-electron chi connectivity index (χ1n) is 17.3. The monoisotopic (exact) mass is 683 g/mol. The van der Waals surface area contributed by atoms with Gasteiger partial charge in [0, 0.05) is 19.8 Å². The smallest absolute Gasteiger partial charge is 0.217 e. The molecule has 5 atom stereocenters. The lowest BCUT2D eigenvalue weighted by atomic mass is 9.66. The predicted octanol–water partition coefficient (Wildman–Crippen LogP) is 6.37. The van der Waals surface area contributed by atoms with E-state index >= 15 is 0 Å². The van der Waals surface area contributed by atoms with Gasteiger partial charge in [-0.05, 0) is 27.8 Å². The van der Waals surface area contributed by atoms with Crippen LogP contribution in [0, 0.1) is 0 Å². The second-order valence-corrected chi connectivity index (χ2v) is 13.1. The SMILES string of the molecule is C=CCOC1O[C@H](COC(c2ccccc2)(c2ccccc2)c2ccccc2)[C@](O)(Cc2ccccc2)[C@@](O)(Cc2ccccc2)[C@H]1NC(C)=O. The van der Waals surface area contributed by atoms with Crippen molar-refractivity contribution in [1.82, 2.24) is 5.32 Å². The fourth-order valence-corrected chi connectivity index (χ4v) is 7.32. The minimum Gasteiger partial charge on any atom is -0.384 e. The number of hydrogen-bond donors (Lipinski definition) is 3. The summed E-state index contributed by atoms with van der Waals surface area (Å²) in [7, 11) is 0. The van der Waals surface area contributed by atoms with Crippen LogP contribution in [0.4, 0.5) is 0 Å². The molecule has 7 nitrogen and oxygen atoms in total. The lowest BCUT2D eigenvalue weighted by molar-refractivity contribution is -0.339. The molecule has 5 aromatic carbocycles. The Kier molecular flexibility index (Phi) is 11.3. The molecule has 0 aliphatic carbocycles. The summed E-state index contributed by atoms with van der Waals surface area (Å²) in [5, 5.41) is 29.4. The Morgan fingerprint density at radius 3 is 1.55 bits per heavy atom. The van der Waals surface area contributed by atoms with Gasteiger partial charge in [-0.1, -0.05) is 158 Å². The van der Waals surface area contributed by atoms with Crippen LogP contribution in [-0.4, -0.2) is 59.0 Å². The van der Waals surface area contributed by atoms with Crippen molar-refractivity contribution in [2.24, 2.45) is 0 Å². The van der Waals surface area contributed by atoms with E-state index in [9.17, 15) is 15.0 Å². The van der Waals surface area contributed by atoms with Gasteiger partial charge in [0.15, 0.2) is 6.29 Å². The fourth-order valence-electron chi connectivity index (χ4n) is 7.32. The molecule has 1 aliphatic heterocycles. The zero-order chi connectivity index (χ0) is 35.7. The molecule has 7 heteroatoms. The standard InChI is InChI=1S/C44H45NO6/c1-3-29-49-41-40(45-33(2)46)43(48,31-35-21-11-5-12-22-35)42(47,30-34-19-9-4-10-20-34)39(51-41)32-50-44(36-23-13-6-14-24-36,37-25-15-7-16-26-37)38-27-17-8-18-28-38/h3-28,39-41,47-48H,1,29-32H2,2H3,(H,45,46)/t39-,40+,41?,42-,43-/m1/s1. The number of carbonyl (C=O) groups is 1. The first-order valence-corrected chi connectivity index (χ1v) is 17.3. The second kappa shape index (κ2) is 16.0. The first-order chi connectivity index (χ1) is 24.8. The summed E-state index contributed by atoms with van der Waals surface area (Å²) >= 11 is 0. The maximum Gasteiger partial charge on any atom is 0.217 e. The van der Waals surface area contributed by atoms with Crippen molar-refractivity contribution in [2.45, 2.75) is 55.0 Å². The molecule has 0 aromatic heterocycles. The fraction of sp³-hybridized carbons (Fsp3) is 0.250. The van der Waals surface area contributed by atoms with Crippen LogP contribution >= 0.6 is 0 Å². The minimum atomic E-state index is -2.01. The van der Waals surface area contributed by atoms with Gasteiger partial charge in [0.05, 0.1) is 13.2 Å². The molecule has 0 spiro atoms. The van der Waals surface area contributed by atoms with Gasteiger partial charge in [-0.15, -0.1) is 6.58 Å². The molecule has 1 saturated heterocycles. The summed E-state index contributed by atoms with van der Waals surface area (Å²) < 4.78 is 20.1. The van der Waals surface area contributed by atoms with Crippen LogP contribution in [-0.2, 0) is 37.4 Å². The van der Waals surface area contributed by atoms with E-state index in [1.165, 1.54) is 6.92 Å². The Morgan fingerprint density at radius 1 is 0.725 bits per heavy atom. The molecular weight excluding hydrogens is 638 g/mol. The Labute approximate surface area is 300 Å². The third-order valence-electron chi connectivity index (χ3n) is 9.73. The number of ether oxygens (including phenoxy) is 3. The van der Waals surface area contributed by atoms with E-state index < -0.39 is 41.1 Å². The summed E-state index contributed by atoms with van der Waals surface area (Å²) in [5.41, 5.74) is -1.00. The Balaban J connectivity index is 1.53. The highest BCUT2D eigenvalue weighted by atomic mass is 16.7. The lowest BCUT2D eigenvalue weighted by Gasteiger charge is -2.57. The summed E-state index contributed by atoms with van der Waals surface area (Å²) in [6.07, 6.45) is -0.764. The Bertz CT molecular complexity index is 1740. The molecule has 0 radical (unpaired) electrons. The molecule has 5 aromatic rings. The number of amides is 1. The molecule has 1 unspecified atom stereocenters. The molecule has 6 rings (SSSR count). The Hall–Kier alpha value is -4.89. The van der Waals surface area contributed by atoms with E-state index in [4.69, 9.17) is 14.2 Å². The highest BCUT2D eigenvalue weighted by Crippen LogP contribution is 2.46. The molecule has 1 amide bonds. The zero-order valence-electron chi connectivity index (χ0n) is 28.8.